The summed E-state index contributed by atoms with van der Waals surface area (Å²) >= 11 is 3.44. The highest BCUT2D eigenvalue weighted by Gasteiger charge is 2.11. The molecule has 1 heterocycles. The molecule has 1 aromatic heterocycles. The Morgan fingerprint density at radius 1 is 1.12 bits per heavy atom. The highest BCUT2D eigenvalue weighted by Crippen LogP contribution is 2.22. The Hall–Kier alpha value is -2.40. The van der Waals surface area contributed by atoms with E-state index in [1.165, 1.54) is 5.56 Å². The molecule has 0 atom stereocenters. The first-order valence-corrected chi connectivity index (χ1v) is 8.39. The van der Waals surface area contributed by atoms with Crippen LogP contribution in [0.15, 0.2) is 57.5 Å². The van der Waals surface area contributed by atoms with Crippen molar-refractivity contribution < 1.29 is 9.32 Å². The first-order valence-electron chi connectivity index (χ1n) is 7.60. The Balaban J connectivity index is 1.66. The van der Waals surface area contributed by atoms with E-state index in [1.54, 1.807) is 6.07 Å². The van der Waals surface area contributed by atoms with Crippen LogP contribution >= 0.6 is 15.9 Å². The van der Waals surface area contributed by atoms with Gasteiger partial charge in [-0.1, -0.05) is 50.9 Å². The number of hydrogen-bond donors (Lipinski definition) is 1. The van der Waals surface area contributed by atoms with E-state index in [4.69, 9.17) is 4.52 Å². The van der Waals surface area contributed by atoms with Gasteiger partial charge in [0.05, 0.1) is 12.1 Å². The van der Waals surface area contributed by atoms with Gasteiger partial charge in [-0.15, -0.1) is 0 Å². The number of nitrogens with zero attached hydrogens (tertiary/aromatic N) is 1. The van der Waals surface area contributed by atoms with Crippen molar-refractivity contribution in [2.75, 3.05) is 5.32 Å². The van der Waals surface area contributed by atoms with Crippen molar-refractivity contribution in [1.82, 2.24) is 5.16 Å². The van der Waals surface area contributed by atoms with E-state index in [0.717, 1.165) is 21.3 Å². The van der Waals surface area contributed by atoms with Crippen molar-refractivity contribution in [3.8, 4) is 11.3 Å². The maximum atomic E-state index is 12.2. The van der Waals surface area contributed by atoms with Gasteiger partial charge in [0.2, 0.25) is 5.91 Å². The average Bonchev–Trinajstić information content (AvgIpc) is 3.00. The summed E-state index contributed by atoms with van der Waals surface area (Å²) < 4.78 is 6.35. The molecule has 4 nitrogen and oxygen atoms in total. The van der Waals surface area contributed by atoms with Crippen LogP contribution in [-0.2, 0) is 11.2 Å². The molecular formula is C19H17BrN2O2. The van der Waals surface area contributed by atoms with E-state index in [2.05, 4.69) is 26.4 Å². The number of carbonyl (C=O) groups excluding carboxylic acids is 1. The van der Waals surface area contributed by atoms with Crippen LogP contribution < -0.4 is 5.32 Å². The molecule has 1 amide bonds. The number of nitrogens with one attached hydrogen (secondary N) is 1. The SMILES string of the molecule is Cc1ccc(-c2cc(CC(=O)Nc3ccc(Br)c(C)c3)no2)cc1. The Morgan fingerprint density at radius 3 is 2.58 bits per heavy atom. The Kier molecular flexibility index (Phi) is 4.81. The summed E-state index contributed by atoms with van der Waals surface area (Å²) in [4.78, 5) is 12.2. The van der Waals surface area contributed by atoms with Crippen LogP contribution in [0.3, 0.4) is 0 Å². The van der Waals surface area contributed by atoms with Crippen molar-refractivity contribution in [2.24, 2.45) is 0 Å². The minimum atomic E-state index is -0.125. The van der Waals surface area contributed by atoms with E-state index < -0.39 is 0 Å². The molecule has 0 unspecified atom stereocenters. The van der Waals surface area contributed by atoms with Gasteiger partial charge in [-0.2, -0.15) is 0 Å². The number of benzene rings is 2. The Bertz CT molecular complexity index is 869. The zero-order valence-electron chi connectivity index (χ0n) is 13.5. The smallest absolute Gasteiger partial charge is 0.230 e. The monoisotopic (exact) mass is 384 g/mol. The summed E-state index contributed by atoms with van der Waals surface area (Å²) in [5, 5.41) is 6.86. The van der Waals surface area contributed by atoms with Gasteiger partial charge in [-0.05, 0) is 37.6 Å². The lowest BCUT2D eigenvalue weighted by atomic mass is 10.1. The predicted octanol–water partition coefficient (Wildman–Crippen LogP) is 4.90. The quantitative estimate of drug-likeness (QED) is 0.695. The molecule has 0 radical (unpaired) electrons. The molecule has 0 saturated carbocycles. The highest BCUT2D eigenvalue weighted by molar-refractivity contribution is 9.10. The van der Waals surface area contributed by atoms with Gasteiger partial charge in [-0.25, -0.2) is 0 Å². The van der Waals surface area contributed by atoms with Gasteiger partial charge in [0.25, 0.3) is 0 Å². The molecular weight excluding hydrogens is 368 g/mol. The zero-order chi connectivity index (χ0) is 17.1. The minimum Gasteiger partial charge on any atom is -0.356 e. The summed E-state index contributed by atoms with van der Waals surface area (Å²) in [6, 6.07) is 15.5. The third-order valence-electron chi connectivity index (χ3n) is 3.68. The second kappa shape index (κ2) is 7.01. The lowest BCUT2D eigenvalue weighted by Crippen LogP contribution is -2.14. The molecule has 0 aliphatic heterocycles. The van der Waals surface area contributed by atoms with E-state index >= 15 is 0 Å². The maximum absolute atomic E-state index is 12.2. The molecule has 24 heavy (non-hydrogen) atoms. The van der Waals surface area contributed by atoms with Gasteiger partial charge >= 0.3 is 0 Å². The summed E-state index contributed by atoms with van der Waals surface area (Å²) in [6.07, 6.45) is 0.171. The fraction of sp³-hybridized carbons (Fsp3) is 0.158. The van der Waals surface area contributed by atoms with Crippen LogP contribution in [0.1, 0.15) is 16.8 Å². The molecule has 0 bridgehead atoms. The predicted molar refractivity (Wildman–Crippen MR) is 97.9 cm³/mol. The lowest BCUT2D eigenvalue weighted by Gasteiger charge is -2.06. The van der Waals surface area contributed by atoms with Gasteiger partial charge in [0.15, 0.2) is 5.76 Å². The van der Waals surface area contributed by atoms with Gasteiger partial charge in [-0.3, -0.25) is 4.79 Å². The van der Waals surface area contributed by atoms with Crippen LogP contribution in [-0.4, -0.2) is 11.1 Å². The van der Waals surface area contributed by atoms with E-state index in [-0.39, 0.29) is 12.3 Å². The number of amides is 1. The third-order valence-corrected chi connectivity index (χ3v) is 4.57. The van der Waals surface area contributed by atoms with Crippen molar-refractivity contribution in [3.63, 3.8) is 0 Å². The van der Waals surface area contributed by atoms with Crippen LogP contribution in [0, 0.1) is 13.8 Å². The van der Waals surface area contributed by atoms with Crippen LogP contribution in [0.4, 0.5) is 5.69 Å². The Labute approximate surface area is 149 Å². The number of carbonyl (C=O) groups is 1. The van der Waals surface area contributed by atoms with Crippen LogP contribution in [0.5, 0.6) is 0 Å². The fourth-order valence-electron chi connectivity index (χ4n) is 2.34. The Morgan fingerprint density at radius 2 is 1.88 bits per heavy atom. The summed E-state index contributed by atoms with van der Waals surface area (Å²) in [6.45, 7) is 4.01. The number of halogens is 1. The normalized spacial score (nSPS) is 10.6. The molecule has 2 aromatic carbocycles. The van der Waals surface area contributed by atoms with Crippen LogP contribution in [0.2, 0.25) is 0 Å². The molecule has 5 heteroatoms. The van der Waals surface area contributed by atoms with Gasteiger partial charge < -0.3 is 9.84 Å². The molecule has 3 aromatic rings. The first-order chi connectivity index (χ1) is 11.5. The summed E-state index contributed by atoms with van der Waals surface area (Å²) in [7, 11) is 0. The maximum Gasteiger partial charge on any atom is 0.230 e. The van der Waals surface area contributed by atoms with E-state index in [0.29, 0.717) is 11.5 Å². The van der Waals surface area contributed by atoms with E-state index in [1.807, 2.05) is 56.3 Å². The third kappa shape index (κ3) is 3.92. The van der Waals surface area contributed by atoms with E-state index in [9.17, 15) is 4.79 Å². The van der Waals surface area contributed by atoms with Crippen molar-refractivity contribution >= 4 is 27.5 Å². The lowest BCUT2D eigenvalue weighted by molar-refractivity contribution is -0.115. The largest absolute Gasteiger partial charge is 0.356 e. The molecule has 122 valence electrons. The van der Waals surface area contributed by atoms with Crippen molar-refractivity contribution in [3.05, 3.63) is 69.8 Å². The summed E-state index contributed by atoms with van der Waals surface area (Å²) in [5.74, 6) is 0.540. The number of anilines is 1. The zero-order valence-corrected chi connectivity index (χ0v) is 15.1. The van der Waals surface area contributed by atoms with Crippen molar-refractivity contribution in [2.45, 2.75) is 20.3 Å². The molecule has 1 N–H and O–H groups in total. The number of rotatable bonds is 4. The molecule has 0 fully saturated rings. The highest BCUT2D eigenvalue weighted by atomic mass is 79.9. The number of aromatic nitrogens is 1. The second-order valence-electron chi connectivity index (χ2n) is 5.74. The second-order valence-corrected chi connectivity index (χ2v) is 6.59. The fourth-order valence-corrected chi connectivity index (χ4v) is 2.59. The topological polar surface area (TPSA) is 55.1 Å². The standard InChI is InChI=1S/C19H17BrN2O2/c1-12-3-5-14(6-4-12)18-10-16(22-24-18)11-19(23)21-15-7-8-17(20)13(2)9-15/h3-10H,11H2,1-2H3,(H,21,23). The van der Waals surface area contributed by atoms with Crippen molar-refractivity contribution in [1.29, 1.82) is 0 Å². The van der Waals surface area contributed by atoms with Gasteiger partial charge in [0, 0.05) is 21.8 Å². The molecule has 0 aliphatic carbocycles. The number of hydrogen-bond acceptors (Lipinski definition) is 3. The minimum absolute atomic E-state index is 0.125. The molecule has 3 rings (SSSR count). The molecule has 0 spiro atoms. The average molecular weight is 385 g/mol. The first kappa shape index (κ1) is 16.5. The molecule has 0 saturated heterocycles. The summed E-state index contributed by atoms with van der Waals surface area (Å²) in [5.41, 5.74) is 4.57. The van der Waals surface area contributed by atoms with Crippen LogP contribution in [0.25, 0.3) is 11.3 Å². The van der Waals surface area contributed by atoms with Gasteiger partial charge in [0.1, 0.15) is 0 Å². The number of aryl methyl sites for hydroxylation is 2. The molecule has 0 aliphatic rings.